The lowest BCUT2D eigenvalue weighted by Crippen LogP contribution is -2.75. The second-order valence-electron chi connectivity index (χ2n) is 14.1. The molecule has 2 aliphatic carbocycles. The summed E-state index contributed by atoms with van der Waals surface area (Å²) in [6, 6.07) is 2.83. The maximum Gasteiger partial charge on any atom is 0.460 e. The molecule has 300 valence electrons. The Morgan fingerprint density at radius 1 is 0.519 bits per heavy atom. The van der Waals surface area contributed by atoms with E-state index in [9.17, 15) is 79.4 Å². The quantitative estimate of drug-likeness (QED) is 0.0927. The summed E-state index contributed by atoms with van der Waals surface area (Å²) < 4.78 is 231. The van der Waals surface area contributed by atoms with Crippen molar-refractivity contribution in [3.05, 3.63) is 35.4 Å². The first-order valence-corrected chi connectivity index (χ1v) is 17.0. The Bertz CT molecular complexity index is 1320. The van der Waals surface area contributed by atoms with Crippen molar-refractivity contribution in [2.24, 2.45) is 17.8 Å². The first kappa shape index (κ1) is 44.1. The fourth-order valence-corrected chi connectivity index (χ4v) is 7.30. The van der Waals surface area contributed by atoms with Gasteiger partial charge in [0.05, 0.1) is 0 Å². The number of unbranched alkanes of at least 4 members (excludes halogenated alkanes) is 4. The molecule has 0 aliphatic heterocycles. The zero-order valence-corrected chi connectivity index (χ0v) is 27.9. The van der Waals surface area contributed by atoms with Gasteiger partial charge in [0.15, 0.2) is 0 Å². The van der Waals surface area contributed by atoms with Crippen molar-refractivity contribution >= 4 is 5.78 Å². The van der Waals surface area contributed by atoms with Crippen molar-refractivity contribution in [1.29, 1.82) is 0 Å². The van der Waals surface area contributed by atoms with Gasteiger partial charge in [0, 0.05) is 5.56 Å². The van der Waals surface area contributed by atoms with Gasteiger partial charge in [0.25, 0.3) is 0 Å². The highest BCUT2D eigenvalue weighted by atomic mass is 19.4. The van der Waals surface area contributed by atoms with Crippen molar-refractivity contribution in [1.82, 2.24) is 0 Å². The highest BCUT2D eigenvalue weighted by molar-refractivity contribution is 6.02. The van der Waals surface area contributed by atoms with Gasteiger partial charge in [-0.2, -0.15) is 74.6 Å². The summed E-state index contributed by atoms with van der Waals surface area (Å²) >= 11 is 0. The number of hydrogen-bond donors (Lipinski definition) is 0. The van der Waals surface area contributed by atoms with Gasteiger partial charge in [-0.3, -0.25) is 4.79 Å². The van der Waals surface area contributed by atoms with Crippen LogP contribution in [-0.4, -0.2) is 53.4 Å². The smallest absolute Gasteiger partial charge is 0.287 e. The molecule has 1 nitrogen and oxygen atoms in total. The lowest BCUT2D eigenvalue weighted by atomic mass is 9.68. The third-order valence-electron chi connectivity index (χ3n) is 10.7. The molecule has 2 fully saturated rings. The Morgan fingerprint density at radius 2 is 0.923 bits per heavy atom. The summed E-state index contributed by atoms with van der Waals surface area (Å²) in [6.07, 6.45) is 6.74. The third-order valence-corrected chi connectivity index (χ3v) is 10.7. The van der Waals surface area contributed by atoms with Crippen LogP contribution in [0.25, 0.3) is 0 Å². The van der Waals surface area contributed by atoms with Crippen LogP contribution in [0.1, 0.15) is 119 Å². The van der Waals surface area contributed by atoms with E-state index >= 15 is 0 Å². The molecule has 0 amide bonds. The minimum atomic E-state index is -8.74. The SMILES string of the molecule is CCCCCCCC1CCC(C2CCC(c3ccc(C(=O)C(F)(F)C(F)(F)C(F)(F)C(F)(F)C(F)(F)C(F)(F)C(F)(F)C(F)(F)F)cc3)CC2)CC1. The van der Waals surface area contributed by atoms with E-state index in [0.29, 0.717) is 48.3 Å². The van der Waals surface area contributed by atoms with E-state index in [1.807, 2.05) is 0 Å². The maximum absolute atomic E-state index is 14.5. The van der Waals surface area contributed by atoms with Crippen molar-refractivity contribution in [2.75, 3.05) is 0 Å². The molecule has 1 aromatic rings. The van der Waals surface area contributed by atoms with Crippen LogP contribution in [0.2, 0.25) is 0 Å². The van der Waals surface area contributed by atoms with Crippen LogP contribution in [0.3, 0.4) is 0 Å². The molecule has 0 bridgehead atoms. The van der Waals surface area contributed by atoms with Gasteiger partial charge in [-0.25, -0.2) is 0 Å². The number of rotatable bonds is 16. The molecule has 1 aromatic carbocycles. The molecule has 52 heavy (non-hydrogen) atoms. The van der Waals surface area contributed by atoms with Crippen LogP contribution >= 0.6 is 0 Å². The van der Waals surface area contributed by atoms with Gasteiger partial charge in [-0.15, -0.1) is 0 Å². The Labute approximate surface area is 289 Å². The number of benzene rings is 1. The number of halogens is 17. The number of alkyl halides is 17. The summed E-state index contributed by atoms with van der Waals surface area (Å²) in [4.78, 5) is 12.2. The zero-order valence-electron chi connectivity index (χ0n) is 27.9. The van der Waals surface area contributed by atoms with Crippen LogP contribution < -0.4 is 0 Å². The fourth-order valence-electron chi connectivity index (χ4n) is 7.30. The van der Waals surface area contributed by atoms with E-state index in [-0.39, 0.29) is 5.92 Å². The van der Waals surface area contributed by atoms with Crippen molar-refractivity contribution in [2.45, 2.75) is 150 Å². The summed E-state index contributed by atoms with van der Waals surface area (Å²) in [7, 11) is 0. The Balaban J connectivity index is 1.68. The second kappa shape index (κ2) is 15.4. The monoisotopic (exact) mass is 786 g/mol. The molecule has 3 rings (SSSR count). The largest absolute Gasteiger partial charge is 0.460 e. The third kappa shape index (κ3) is 7.77. The summed E-state index contributed by atoms with van der Waals surface area (Å²) in [5, 5.41) is 0. The standard InChI is InChI=1S/C34H39F17O/c1-2-3-4-5-6-7-20-8-10-21(11-9-20)22-12-14-23(15-13-22)24-16-18-25(19-17-24)26(52)27(35,36)28(37,38)29(39,40)30(41,42)31(43,44)32(45,46)33(47,48)34(49,50)51/h16-23H,2-15H2,1H3. The molecular formula is C34H39F17O. The van der Waals surface area contributed by atoms with Gasteiger partial charge in [0.2, 0.25) is 5.78 Å². The van der Waals surface area contributed by atoms with Crippen LogP contribution in [0.15, 0.2) is 24.3 Å². The Hall–Kier alpha value is -2.30. The summed E-state index contributed by atoms with van der Waals surface area (Å²) in [5.74, 6) is -59.9. The van der Waals surface area contributed by atoms with E-state index in [1.54, 1.807) is 0 Å². The molecule has 0 N–H and O–H groups in total. The normalized spacial score (nSPS) is 23.5. The van der Waals surface area contributed by atoms with Gasteiger partial charge >= 0.3 is 47.6 Å². The highest BCUT2D eigenvalue weighted by Gasteiger charge is 2.95. The predicted molar refractivity (Wildman–Crippen MR) is 155 cm³/mol. The first-order chi connectivity index (χ1) is 23.6. The van der Waals surface area contributed by atoms with Crippen LogP contribution in [0.4, 0.5) is 74.6 Å². The van der Waals surface area contributed by atoms with Crippen LogP contribution in [0.5, 0.6) is 0 Å². The molecular weight excluding hydrogens is 747 g/mol. The van der Waals surface area contributed by atoms with Gasteiger partial charge in [-0.1, -0.05) is 82.6 Å². The minimum absolute atomic E-state index is 0.205. The van der Waals surface area contributed by atoms with Crippen LogP contribution in [0, 0.1) is 17.8 Å². The topological polar surface area (TPSA) is 17.1 Å². The number of carbonyl (C=O) groups excluding carboxylic acids is 1. The number of carbonyl (C=O) groups is 1. The number of ketones is 1. The average molecular weight is 787 g/mol. The summed E-state index contributed by atoms with van der Waals surface area (Å²) in [5.41, 5.74) is -1.13. The second-order valence-corrected chi connectivity index (χ2v) is 14.1. The molecule has 0 spiro atoms. The summed E-state index contributed by atoms with van der Waals surface area (Å²) in [6.45, 7) is 2.16. The van der Waals surface area contributed by atoms with Gasteiger partial charge < -0.3 is 0 Å². The van der Waals surface area contributed by atoms with Gasteiger partial charge in [0.1, 0.15) is 0 Å². The van der Waals surface area contributed by atoms with Crippen LogP contribution in [-0.2, 0) is 0 Å². The van der Waals surface area contributed by atoms with Gasteiger partial charge in [-0.05, 0) is 67.8 Å². The lowest BCUT2D eigenvalue weighted by molar-refractivity contribution is -0.459. The number of hydrogen-bond acceptors (Lipinski definition) is 1. The molecule has 0 heterocycles. The molecule has 18 heteroatoms. The van der Waals surface area contributed by atoms with E-state index in [0.717, 1.165) is 50.7 Å². The van der Waals surface area contributed by atoms with Crippen molar-refractivity contribution in [3.63, 3.8) is 0 Å². The first-order valence-electron chi connectivity index (χ1n) is 17.0. The molecule has 2 aliphatic rings. The lowest BCUT2D eigenvalue weighted by Gasteiger charge is -2.42. The van der Waals surface area contributed by atoms with E-state index in [2.05, 4.69) is 6.92 Å². The molecule has 2 saturated carbocycles. The van der Waals surface area contributed by atoms with E-state index in [1.165, 1.54) is 38.5 Å². The molecule has 0 unspecified atom stereocenters. The zero-order chi connectivity index (χ0) is 39.8. The molecule has 0 radical (unpaired) electrons. The van der Waals surface area contributed by atoms with E-state index in [4.69, 9.17) is 0 Å². The number of Topliss-reactive ketones (excluding diaryl/α,β-unsaturated/α-hetero) is 1. The van der Waals surface area contributed by atoms with E-state index < -0.39 is 59.0 Å². The maximum atomic E-state index is 14.5. The molecule has 0 atom stereocenters. The van der Waals surface area contributed by atoms with Crippen molar-refractivity contribution in [3.8, 4) is 0 Å². The highest BCUT2D eigenvalue weighted by Crippen LogP contribution is 2.64. The predicted octanol–water partition coefficient (Wildman–Crippen LogP) is 13.3. The molecule has 0 aromatic heterocycles. The Morgan fingerprint density at radius 3 is 1.37 bits per heavy atom. The Kier molecular flexibility index (Phi) is 13.1. The fraction of sp³-hybridized carbons (Fsp3) is 0.794. The van der Waals surface area contributed by atoms with Crippen molar-refractivity contribution < 1.29 is 79.4 Å². The molecule has 0 saturated heterocycles. The average Bonchev–Trinajstić information content (AvgIpc) is 3.07. The minimum Gasteiger partial charge on any atom is -0.287 e.